The highest BCUT2D eigenvalue weighted by molar-refractivity contribution is 5.98. The summed E-state index contributed by atoms with van der Waals surface area (Å²) in [5.41, 5.74) is 6.51. The van der Waals surface area contributed by atoms with Gasteiger partial charge in [0.25, 0.3) is 5.91 Å². The number of Topliss-reactive ketones (excluding diaryl/α,β-unsaturated/α-hetero) is 1. The van der Waals surface area contributed by atoms with E-state index in [4.69, 9.17) is 5.73 Å². The molecule has 4 nitrogen and oxygen atoms in total. The molecule has 0 aliphatic heterocycles. The first-order chi connectivity index (χ1) is 8.33. The Bertz CT molecular complexity index is 430. The zero-order valence-corrected chi connectivity index (χ0v) is 11.1. The molecule has 18 heavy (non-hydrogen) atoms. The highest BCUT2D eigenvalue weighted by Gasteiger charge is 2.13. The fourth-order valence-electron chi connectivity index (χ4n) is 1.42. The third kappa shape index (κ3) is 4.30. The smallest absolute Gasteiger partial charge is 0.251 e. The average Bonchev–Trinajstić information content (AvgIpc) is 2.34. The largest absolute Gasteiger partial charge is 0.350 e. The third-order valence-electron chi connectivity index (χ3n) is 2.49. The van der Waals surface area contributed by atoms with Crippen molar-refractivity contribution >= 4 is 11.7 Å². The number of hydrogen-bond donors (Lipinski definition) is 2. The Kier molecular flexibility index (Phi) is 4.62. The van der Waals surface area contributed by atoms with Crippen molar-refractivity contribution in [2.75, 3.05) is 6.54 Å². The molecule has 0 atom stereocenters. The normalized spacial score (nSPS) is 11.1. The quantitative estimate of drug-likeness (QED) is 0.780. The molecule has 4 heteroatoms. The lowest BCUT2D eigenvalue weighted by Gasteiger charge is -2.18. The van der Waals surface area contributed by atoms with Crippen molar-refractivity contribution in [2.45, 2.75) is 32.7 Å². The Morgan fingerprint density at radius 1 is 1.17 bits per heavy atom. The topological polar surface area (TPSA) is 72.2 Å². The van der Waals surface area contributed by atoms with Crippen molar-refractivity contribution in [2.24, 2.45) is 5.73 Å². The van der Waals surface area contributed by atoms with Crippen molar-refractivity contribution in [3.05, 3.63) is 35.4 Å². The van der Waals surface area contributed by atoms with Crippen molar-refractivity contribution in [3.63, 3.8) is 0 Å². The Morgan fingerprint density at radius 3 is 2.11 bits per heavy atom. The molecule has 98 valence electrons. The molecule has 0 aliphatic carbocycles. The van der Waals surface area contributed by atoms with E-state index in [1.807, 2.05) is 20.8 Å². The minimum atomic E-state index is -0.437. The predicted octanol–water partition coefficient (Wildman–Crippen LogP) is 1.75. The fourth-order valence-corrected chi connectivity index (χ4v) is 1.42. The van der Waals surface area contributed by atoms with Crippen molar-refractivity contribution in [1.29, 1.82) is 0 Å². The summed E-state index contributed by atoms with van der Waals surface area (Å²) in [7, 11) is 0. The van der Waals surface area contributed by atoms with E-state index < -0.39 is 5.54 Å². The first-order valence-corrected chi connectivity index (χ1v) is 6.04. The van der Waals surface area contributed by atoms with Crippen LogP contribution in [-0.2, 0) is 0 Å². The van der Waals surface area contributed by atoms with E-state index in [9.17, 15) is 9.59 Å². The van der Waals surface area contributed by atoms with Gasteiger partial charge in [0.2, 0.25) is 0 Å². The Balaban J connectivity index is 2.68. The number of rotatable bonds is 5. The summed E-state index contributed by atoms with van der Waals surface area (Å²) >= 11 is 0. The fraction of sp³-hybridized carbons (Fsp3) is 0.429. The second kappa shape index (κ2) is 5.78. The Hall–Kier alpha value is -1.68. The lowest BCUT2D eigenvalue weighted by Crippen LogP contribution is -2.45. The maximum atomic E-state index is 11.8. The number of carbonyl (C=O) groups excluding carboxylic acids is 2. The van der Waals surface area contributed by atoms with Gasteiger partial charge in [-0.05, 0) is 26.0 Å². The van der Waals surface area contributed by atoms with Gasteiger partial charge < -0.3 is 11.1 Å². The van der Waals surface area contributed by atoms with Gasteiger partial charge in [-0.3, -0.25) is 9.59 Å². The van der Waals surface area contributed by atoms with Crippen molar-refractivity contribution in [3.8, 4) is 0 Å². The van der Waals surface area contributed by atoms with E-state index in [1.54, 1.807) is 24.3 Å². The van der Waals surface area contributed by atoms with Gasteiger partial charge in [-0.1, -0.05) is 19.1 Å². The third-order valence-corrected chi connectivity index (χ3v) is 2.49. The number of amides is 1. The average molecular weight is 248 g/mol. The van der Waals surface area contributed by atoms with Crippen LogP contribution < -0.4 is 11.1 Å². The number of benzene rings is 1. The van der Waals surface area contributed by atoms with E-state index in [2.05, 4.69) is 5.32 Å². The second-order valence-electron chi connectivity index (χ2n) is 5.03. The van der Waals surface area contributed by atoms with Gasteiger partial charge in [0.15, 0.2) is 5.78 Å². The summed E-state index contributed by atoms with van der Waals surface area (Å²) in [6, 6.07) is 6.66. The number of nitrogens with two attached hydrogens (primary N) is 1. The van der Waals surface area contributed by atoms with Crippen LogP contribution in [-0.4, -0.2) is 23.8 Å². The predicted molar refractivity (Wildman–Crippen MR) is 71.7 cm³/mol. The van der Waals surface area contributed by atoms with Crippen LogP contribution in [0.25, 0.3) is 0 Å². The standard InChI is InChI=1S/C14H20N2O2/c1-4-12(17)10-5-7-11(8-6-10)13(18)16-9-14(2,3)15/h5-8H,4,9,15H2,1-3H3,(H,16,18). The minimum absolute atomic E-state index is 0.0741. The molecule has 0 saturated heterocycles. The number of nitrogens with one attached hydrogen (secondary N) is 1. The summed E-state index contributed by atoms with van der Waals surface area (Å²) in [4.78, 5) is 23.2. The SMILES string of the molecule is CCC(=O)c1ccc(C(=O)NCC(C)(C)N)cc1. The van der Waals surface area contributed by atoms with Crippen LogP contribution in [0.2, 0.25) is 0 Å². The van der Waals surface area contributed by atoms with E-state index in [-0.39, 0.29) is 11.7 Å². The van der Waals surface area contributed by atoms with Gasteiger partial charge in [0, 0.05) is 29.6 Å². The summed E-state index contributed by atoms with van der Waals surface area (Å²) in [5.74, 6) is -0.103. The van der Waals surface area contributed by atoms with Gasteiger partial charge in [0.05, 0.1) is 0 Å². The van der Waals surface area contributed by atoms with Gasteiger partial charge in [-0.15, -0.1) is 0 Å². The lowest BCUT2D eigenvalue weighted by molar-refractivity contribution is 0.0943. The van der Waals surface area contributed by atoms with Crippen LogP contribution in [0.3, 0.4) is 0 Å². The zero-order chi connectivity index (χ0) is 13.8. The van der Waals surface area contributed by atoms with Gasteiger partial charge in [0.1, 0.15) is 0 Å². The molecule has 3 N–H and O–H groups in total. The van der Waals surface area contributed by atoms with E-state index >= 15 is 0 Å². The molecular weight excluding hydrogens is 228 g/mol. The number of carbonyl (C=O) groups is 2. The Labute approximate surface area is 108 Å². The van der Waals surface area contributed by atoms with Crippen molar-refractivity contribution in [1.82, 2.24) is 5.32 Å². The maximum Gasteiger partial charge on any atom is 0.251 e. The van der Waals surface area contributed by atoms with Crippen LogP contribution in [0.15, 0.2) is 24.3 Å². The van der Waals surface area contributed by atoms with E-state index in [0.29, 0.717) is 24.1 Å². The van der Waals surface area contributed by atoms with Gasteiger partial charge in [-0.25, -0.2) is 0 Å². The lowest BCUT2D eigenvalue weighted by atomic mass is 10.1. The number of hydrogen-bond acceptors (Lipinski definition) is 3. The van der Waals surface area contributed by atoms with Crippen LogP contribution in [0, 0.1) is 0 Å². The first kappa shape index (κ1) is 14.4. The van der Waals surface area contributed by atoms with Crippen LogP contribution >= 0.6 is 0 Å². The van der Waals surface area contributed by atoms with Crippen LogP contribution in [0.1, 0.15) is 47.9 Å². The second-order valence-corrected chi connectivity index (χ2v) is 5.03. The van der Waals surface area contributed by atoms with Crippen molar-refractivity contribution < 1.29 is 9.59 Å². The molecule has 1 aromatic carbocycles. The Morgan fingerprint density at radius 2 is 1.67 bits per heavy atom. The maximum absolute atomic E-state index is 11.8. The van der Waals surface area contributed by atoms with E-state index in [1.165, 1.54) is 0 Å². The van der Waals surface area contributed by atoms with Crippen LogP contribution in [0.5, 0.6) is 0 Å². The molecule has 0 fully saturated rings. The number of ketones is 1. The minimum Gasteiger partial charge on any atom is -0.350 e. The zero-order valence-electron chi connectivity index (χ0n) is 11.1. The molecule has 0 spiro atoms. The molecule has 1 amide bonds. The monoisotopic (exact) mass is 248 g/mol. The first-order valence-electron chi connectivity index (χ1n) is 6.04. The molecule has 0 radical (unpaired) electrons. The molecule has 1 rings (SSSR count). The molecule has 0 bridgehead atoms. The molecular formula is C14H20N2O2. The summed E-state index contributed by atoms with van der Waals surface area (Å²) in [6.45, 7) is 5.90. The van der Waals surface area contributed by atoms with Gasteiger partial charge >= 0.3 is 0 Å². The molecule has 0 aliphatic rings. The molecule has 0 aromatic heterocycles. The molecule has 0 heterocycles. The van der Waals surface area contributed by atoms with Crippen LogP contribution in [0.4, 0.5) is 0 Å². The highest BCUT2D eigenvalue weighted by Crippen LogP contribution is 2.07. The summed E-state index contributed by atoms with van der Waals surface area (Å²) in [6.07, 6.45) is 0.465. The van der Waals surface area contributed by atoms with Gasteiger partial charge in [-0.2, -0.15) is 0 Å². The molecule has 1 aromatic rings. The highest BCUT2D eigenvalue weighted by atomic mass is 16.1. The molecule has 0 saturated carbocycles. The van der Waals surface area contributed by atoms with E-state index in [0.717, 1.165) is 0 Å². The molecule has 0 unspecified atom stereocenters. The summed E-state index contributed by atoms with van der Waals surface area (Å²) < 4.78 is 0. The summed E-state index contributed by atoms with van der Waals surface area (Å²) in [5, 5.41) is 2.75.